The number of amides is 2. The van der Waals surface area contributed by atoms with Gasteiger partial charge in [-0.05, 0) is 30.7 Å². The molecule has 26 heavy (non-hydrogen) atoms. The third-order valence-electron chi connectivity index (χ3n) is 3.35. The van der Waals surface area contributed by atoms with Gasteiger partial charge in [0, 0.05) is 6.08 Å². The summed E-state index contributed by atoms with van der Waals surface area (Å²) in [5, 5.41) is 0.328. The number of esters is 1. The summed E-state index contributed by atoms with van der Waals surface area (Å²) in [5.41, 5.74) is 0.589. The van der Waals surface area contributed by atoms with Crippen molar-refractivity contribution in [2.75, 3.05) is 33.5 Å². The second-order valence-electron chi connectivity index (χ2n) is 5.07. The number of carbonyl (C=O) groups excluding carboxylic acids is 3. The van der Waals surface area contributed by atoms with Crippen molar-refractivity contribution in [3.8, 4) is 11.5 Å². The lowest BCUT2D eigenvalue weighted by atomic mass is 10.2. The first-order chi connectivity index (χ1) is 12.5. The van der Waals surface area contributed by atoms with Crippen LogP contribution in [0.25, 0.3) is 6.08 Å². The highest BCUT2D eigenvalue weighted by molar-refractivity contribution is 6.32. The fourth-order valence-corrected chi connectivity index (χ4v) is 2.48. The first kappa shape index (κ1) is 19.6. The summed E-state index contributed by atoms with van der Waals surface area (Å²) in [5.74, 6) is -0.536. The van der Waals surface area contributed by atoms with E-state index in [0.717, 1.165) is 11.0 Å². The zero-order chi connectivity index (χ0) is 19.1. The number of rotatable bonds is 7. The summed E-state index contributed by atoms with van der Waals surface area (Å²) in [6, 6.07) is 3.25. The van der Waals surface area contributed by atoms with Gasteiger partial charge in [-0.2, -0.15) is 0 Å². The highest BCUT2D eigenvalue weighted by atomic mass is 35.5. The monoisotopic (exact) mass is 383 g/mol. The molecule has 9 heteroatoms. The van der Waals surface area contributed by atoms with Crippen LogP contribution in [0.15, 0.2) is 18.2 Å². The molecule has 0 bridgehead atoms. The summed E-state index contributed by atoms with van der Waals surface area (Å²) in [6.07, 6.45) is 1.87. The molecule has 0 atom stereocenters. The van der Waals surface area contributed by atoms with E-state index in [0.29, 0.717) is 28.7 Å². The van der Waals surface area contributed by atoms with Crippen molar-refractivity contribution >= 4 is 35.6 Å². The van der Waals surface area contributed by atoms with Crippen LogP contribution in [0.1, 0.15) is 12.5 Å². The zero-order valence-electron chi connectivity index (χ0n) is 14.3. The molecule has 0 aromatic heterocycles. The molecule has 1 aromatic rings. The van der Waals surface area contributed by atoms with Crippen LogP contribution in [-0.4, -0.2) is 56.3 Å². The van der Waals surface area contributed by atoms with Gasteiger partial charge in [0.15, 0.2) is 18.1 Å². The van der Waals surface area contributed by atoms with Gasteiger partial charge in [-0.25, -0.2) is 14.5 Å². The summed E-state index contributed by atoms with van der Waals surface area (Å²) in [6.45, 7) is 1.98. The predicted molar refractivity (Wildman–Crippen MR) is 92.2 cm³/mol. The van der Waals surface area contributed by atoms with Crippen LogP contribution in [-0.2, 0) is 19.1 Å². The average Bonchev–Trinajstić information content (AvgIpc) is 3.04. The molecular formula is C17H18ClNO7. The van der Waals surface area contributed by atoms with Gasteiger partial charge in [-0.1, -0.05) is 11.6 Å². The maximum Gasteiger partial charge on any atom is 0.416 e. The van der Waals surface area contributed by atoms with Crippen molar-refractivity contribution in [1.29, 1.82) is 0 Å². The molecule has 1 aliphatic heterocycles. The molecule has 8 nitrogen and oxygen atoms in total. The van der Waals surface area contributed by atoms with Gasteiger partial charge in [0.2, 0.25) is 0 Å². The van der Waals surface area contributed by atoms with E-state index in [-0.39, 0.29) is 13.2 Å². The molecule has 1 heterocycles. The van der Waals surface area contributed by atoms with Gasteiger partial charge in [0.1, 0.15) is 6.61 Å². The van der Waals surface area contributed by atoms with Crippen molar-refractivity contribution in [3.05, 3.63) is 28.8 Å². The first-order valence-electron chi connectivity index (χ1n) is 7.78. The Morgan fingerprint density at radius 2 is 2.15 bits per heavy atom. The molecule has 0 aliphatic carbocycles. The Kier molecular flexibility index (Phi) is 6.85. The minimum absolute atomic E-state index is 0.138. The maximum atomic E-state index is 11.8. The smallest absolute Gasteiger partial charge is 0.416 e. The molecule has 1 aliphatic rings. The molecule has 2 rings (SSSR count). The molecule has 2 amide bonds. The molecule has 0 spiro atoms. The van der Waals surface area contributed by atoms with Crippen molar-refractivity contribution in [1.82, 2.24) is 4.90 Å². The van der Waals surface area contributed by atoms with E-state index in [9.17, 15) is 14.4 Å². The standard InChI is InChI=1S/C17H18ClNO7/c1-3-24-13-9-11(8-12(18)16(13)23-2)4-5-15(21)26-10-14(20)19-6-7-25-17(19)22/h4-5,8-9H,3,6-7,10H2,1-2H3/b5-4+. The molecule has 140 valence electrons. The zero-order valence-corrected chi connectivity index (χ0v) is 15.1. The Balaban J connectivity index is 1.97. The normalized spacial score (nSPS) is 13.7. The number of hydrogen-bond acceptors (Lipinski definition) is 7. The molecule has 0 unspecified atom stereocenters. The number of carbonyl (C=O) groups is 3. The lowest BCUT2D eigenvalue weighted by Crippen LogP contribution is -2.35. The van der Waals surface area contributed by atoms with Gasteiger partial charge in [0.25, 0.3) is 5.91 Å². The van der Waals surface area contributed by atoms with Crippen LogP contribution in [0.4, 0.5) is 4.79 Å². The number of cyclic esters (lactones) is 1. The second kappa shape index (κ2) is 9.10. The minimum atomic E-state index is -0.740. The second-order valence-corrected chi connectivity index (χ2v) is 5.48. The molecule has 0 N–H and O–H groups in total. The van der Waals surface area contributed by atoms with Gasteiger partial charge >= 0.3 is 12.1 Å². The first-order valence-corrected chi connectivity index (χ1v) is 8.16. The Labute approximate surface area is 155 Å². The summed E-state index contributed by atoms with van der Waals surface area (Å²) >= 11 is 6.13. The van der Waals surface area contributed by atoms with E-state index in [1.54, 1.807) is 12.1 Å². The number of halogens is 1. The van der Waals surface area contributed by atoms with Gasteiger partial charge < -0.3 is 18.9 Å². The summed E-state index contributed by atoms with van der Waals surface area (Å²) in [7, 11) is 1.48. The molecule has 1 aromatic carbocycles. The summed E-state index contributed by atoms with van der Waals surface area (Å²) in [4.78, 5) is 35.6. The van der Waals surface area contributed by atoms with Crippen LogP contribution in [0, 0.1) is 0 Å². The van der Waals surface area contributed by atoms with Gasteiger partial charge in [0.05, 0.1) is 25.3 Å². The van der Waals surface area contributed by atoms with E-state index in [1.807, 2.05) is 6.92 Å². The van der Waals surface area contributed by atoms with E-state index in [1.165, 1.54) is 13.2 Å². The van der Waals surface area contributed by atoms with Crippen molar-refractivity contribution in [2.45, 2.75) is 6.92 Å². The van der Waals surface area contributed by atoms with Crippen LogP contribution < -0.4 is 9.47 Å². The number of nitrogens with zero attached hydrogens (tertiary/aromatic N) is 1. The Morgan fingerprint density at radius 1 is 1.38 bits per heavy atom. The third kappa shape index (κ3) is 4.89. The number of imide groups is 1. The third-order valence-corrected chi connectivity index (χ3v) is 3.63. The predicted octanol–water partition coefficient (Wildman–Crippen LogP) is 2.28. The highest BCUT2D eigenvalue weighted by Crippen LogP contribution is 2.36. The SMILES string of the molecule is CCOc1cc(/C=C/C(=O)OCC(=O)N2CCOC2=O)cc(Cl)c1OC. The van der Waals surface area contributed by atoms with Crippen molar-refractivity contribution in [3.63, 3.8) is 0 Å². The minimum Gasteiger partial charge on any atom is -0.491 e. The molecule has 0 radical (unpaired) electrons. The summed E-state index contributed by atoms with van der Waals surface area (Å²) < 4.78 is 20.1. The molecule has 1 saturated heterocycles. The number of ether oxygens (including phenoxy) is 4. The van der Waals surface area contributed by atoms with E-state index < -0.39 is 24.6 Å². The number of methoxy groups -OCH3 is 1. The molecular weight excluding hydrogens is 366 g/mol. The largest absolute Gasteiger partial charge is 0.491 e. The van der Waals surface area contributed by atoms with E-state index in [4.69, 9.17) is 25.8 Å². The Hall–Kier alpha value is -2.74. The van der Waals surface area contributed by atoms with Crippen LogP contribution >= 0.6 is 11.6 Å². The Morgan fingerprint density at radius 3 is 2.77 bits per heavy atom. The Bertz CT molecular complexity index is 732. The van der Waals surface area contributed by atoms with Gasteiger partial charge in [-0.15, -0.1) is 0 Å². The number of benzene rings is 1. The van der Waals surface area contributed by atoms with Crippen LogP contribution in [0.5, 0.6) is 11.5 Å². The van der Waals surface area contributed by atoms with E-state index in [2.05, 4.69) is 4.74 Å². The maximum absolute atomic E-state index is 11.8. The molecule has 0 saturated carbocycles. The average molecular weight is 384 g/mol. The number of hydrogen-bond donors (Lipinski definition) is 0. The van der Waals surface area contributed by atoms with E-state index >= 15 is 0 Å². The van der Waals surface area contributed by atoms with Gasteiger partial charge in [-0.3, -0.25) is 4.79 Å². The molecule has 1 fully saturated rings. The van der Waals surface area contributed by atoms with Crippen LogP contribution in [0.3, 0.4) is 0 Å². The van der Waals surface area contributed by atoms with Crippen molar-refractivity contribution < 1.29 is 33.3 Å². The quantitative estimate of drug-likeness (QED) is 0.527. The fourth-order valence-electron chi connectivity index (χ4n) is 2.19. The van der Waals surface area contributed by atoms with Crippen molar-refractivity contribution in [2.24, 2.45) is 0 Å². The topological polar surface area (TPSA) is 91.4 Å². The van der Waals surface area contributed by atoms with Crippen LogP contribution in [0.2, 0.25) is 5.02 Å². The lowest BCUT2D eigenvalue weighted by molar-refractivity contribution is -0.146. The highest BCUT2D eigenvalue weighted by Gasteiger charge is 2.28. The lowest BCUT2D eigenvalue weighted by Gasteiger charge is -2.12. The fraction of sp³-hybridized carbons (Fsp3) is 0.353.